The van der Waals surface area contributed by atoms with Gasteiger partial charge >= 0.3 is 5.63 Å². The molecule has 2 aromatic carbocycles. The van der Waals surface area contributed by atoms with Crippen LogP contribution in [0.1, 0.15) is 5.56 Å². The van der Waals surface area contributed by atoms with Gasteiger partial charge in [-0.05, 0) is 35.9 Å². The molecule has 0 amide bonds. The zero-order valence-corrected chi connectivity index (χ0v) is 13.7. The highest BCUT2D eigenvalue weighted by Gasteiger charge is 2.08. The summed E-state index contributed by atoms with van der Waals surface area (Å²) in [5.41, 5.74) is 0.896. The van der Waals surface area contributed by atoms with Crippen molar-refractivity contribution < 1.29 is 13.5 Å². The number of hydrogen-bond acceptors (Lipinski definition) is 4. The summed E-state index contributed by atoms with van der Waals surface area (Å²) in [6, 6.07) is 11.4. The lowest BCUT2D eigenvalue weighted by molar-refractivity contribution is 0.414. The van der Waals surface area contributed by atoms with E-state index in [9.17, 15) is 9.18 Å². The first kappa shape index (κ1) is 15.9. The Morgan fingerprint density at radius 2 is 2.04 bits per heavy atom. The molecule has 0 aliphatic carbocycles. The standard InChI is InChI=1S/C17H12ClFO3S/c1-21-11-2-4-13-10(6-17(20)22-16(13)7-11)9-23-12-3-5-15(19)14(18)8-12/h2-8H,9H2,1H3. The molecule has 0 spiro atoms. The summed E-state index contributed by atoms with van der Waals surface area (Å²) in [6.45, 7) is 0. The molecule has 0 atom stereocenters. The van der Waals surface area contributed by atoms with Gasteiger partial charge in [0.2, 0.25) is 0 Å². The Morgan fingerprint density at radius 3 is 2.78 bits per heavy atom. The van der Waals surface area contributed by atoms with Gasteiger partial charge in [-0.1, -0.05) is 11.6 Å². The minimum atomic E-state index is -0.450. The molecule has 3 aromatic rings. The highest BCUT2D eigenvalue weighted by molar-refractivity contribution is 7.98. The van der Waals surface area contributed by atoms with Crippen molar-refractivity contribution >= 4 is 34.3 Å². The van der Waals surface area contributed by atoms with Crippen LogP contribution in [0.2, 0.25) is 5.02 Å². The summed E-state index contributed by atoms with van der Waals surface area (Å²) in [7, 11) is 1.55. The van der Waals surface area contributed by atoms with E-state index in [1.54, 1.807) is 25.3 Å². The minimum absolute atomic E-state index is 0.0807. The van der Waals surface area contributed by atoms with Crippen molar-refractivity contribution in [2.45, 2.75) is 10.6 Å². The second-order valence-corrected chi connectivity index (χ2v) is 6.27. The van der Waals surface area contributed by atoms with E-state index < -0.39 is 11.4 Å². The third-order valence-electron chi connectivity index (χ3n) is 3.32. The Kier molecular flexibility index (Phi) is 4.59. The summed E-state index contributed by atoms with van der Waals surface area (Å²) in [5.74, 6) is 0.709. The van der Waals surface area contributed by atoms with E-state index >= 15 is 0 Å². The van der Waals surface area contributed by atoms with Crippen LogP contribution in [0, 0.1) is 5.82 Å². The van der Waals surface area contributed by atoms with Crippen LogP contribution in [0.3, 0.4) is 0 Å². The quantitative estimate of drug-likeness (QED) is 0.496. The zero-order valence-electron chi connectivity index (χ0n) is 12.1. The van der Waals surface area contributed by atoms with Gasteiger partial charge in [-0.3, -0.25) is 0 Å². The number of methoxy groups -OCH3 is 1. The Hall–Kier alpha value is -1.98. The van der Waals surface area contributed by atoms with Crippen LogP contribution in [0.15, 0.2) is 56.6 Å². The topological polar surface area (TPSA) is 39.4 Å². The van der Waals surface area contributed by atoms with Gasteiger partial charge in [0.25, 0.3) is 0 Å². The molecule has 118 valence electrons. The van der Waals surface area contributed by atoms with Crippen LogP contribution in [0.25, 0.3) is 11.0 Å². The van der Waals surface area contributed by atoms with E-state index in [0.29, 0.717) is 17.1 Å². The third-order valence-corrected chi connectivity index (χ3v) is 4.66. The van der Waals surface area contributed by atoms with E-state index in [2.05, 4.69) is 0 Å². The van der Waals surface area contributed by atoms with E-state index in [-0.39, 0.29) is 5.02 Å². The highest BCUT2D eigenvalue weighted by Crippen LogP contribution is 2.30. The van der Waals surface area contributed by atoms with Crippen molar-refractivity contribution in [1.29, 1.82) is 0 Å². The van der Waals surface area contributed by atoms with Crippen LogP contribution >= 0.6 is 23.4 Å². The first-order valence-corrected chi connectivity index (χ1v) is 8.12. The van der Waals surface area contributed by atoms with Gasteiger partial charge in [0.15, 0.2) is 0 Å². The van der Waals surface area contributed by atoms with Crippen molar-refractivity contribution in [2.24, 2.45) is 0 Å². The van der Waals surface area contributed by atoms with E-state index in [1.165, 1.54) is 23.9 Å². The summed E-state index contributed by atoms with van der Waals surface area (Å²) in [5, 5.41) is 0.920. The molecule has 0 radical (unpaired) electrons. The van der Waals surface area contributed by atoms with Crippen molar-refractivity contribution in [3.63, 3.8) is 0 Å². The molecule has 0 aliphatic rings. The Morgan fingerprint density at radius 1 is 1.22 bits per heavy atom. The number of rotatable bonds is 4. The van der Waals surface area contributed by atoms with Gasteiger partial charge in [0.05, 0.1) is 12.1 Å². The number of hydrogen-bond donors (Lipinski definition) is 0. The molecule has 1 heterocycles. The summed E-state index contributed by atoms with van der Waals surface area (Å²) in [6.07, 6.45) is 0. The molecule has 3 nitrogen and oxygen atoms in total. The van der Waals surface area contributed by atoms with Crippen LogP contribution in [-0.2, 0) is 5.75 Å². The number of thioether (sulfide) groups is 1. The normalized spacial score (nSPS) is 10.9. The summed E-state index contributed by atoms with van der Waals surface area (Å²) in [4.78, 5) is 12.6. The first-order valence-electron chi connectivity index (χ1n) is 6.75. The van der Waals surface area contributed by atoms with Crippen LogP contribution < -0.4 is 10.4 Å². The average Bonchev–Trinajstić information content (AvgIpc) is 2.54. The van der Waals surface area contributed by atoms with E-state index in [4.69, 9.17) is 20.8 Å². The molecule has 0 bridgehead atoms. The van der Waals surface area contributed by atoms with E-state index in [1.807, 2.05) is 12.1 Å². The van der Waals surface area contributed by atoms with Gasteiger partial charge in [-0.2, -0.15) is 0 Å². The van der Waals surface area contributed by atoms with Crippen LogP contribution in [0.5, 0.6) is 5.75 Å². The fourth-order valence-corrected chi connectivity index (χ4v) is 3.36. The van der Waals surface area contributed by atoms with E-state index in [0.717, 1.165) is 15.8 Å². The van der Waals surface area contributed by atoms with Gasteiger partial charge in [0, 0.05) is 28.2 Å². The largest absolute Gasteiger partial charge is 0.497 e. The van der Waals surface area contributed by atoms with Gasteiger partial charge in [0.1, 0.15) is 17.1 Å². The fraction of sp³-hybridized carbons (Fsp3) is 0.118. The van der Waals surface area contributed by atoms with Crippen molar-refractivity contribution in [3.05, 3.63) is 69.3 Å². The summed E-state index contributed by atoms with van der Waals surface area (Å²) < 4.78 is 23.5. The van der Waals surface area contributed by atoms with Gasteiger partial charge < -0.3 is 9.15 Å². The molecule has 0 saturated heterocycles. The smallest absolute Gasteiger partial charge is 0.336 e. The monoisotopic (exact) mass is 350 g/mol. The Labute approximate surface area is 141 Å². The van der Waals surface area contributed by atoms with Gasteiger partial charge in [-0.15, -0.1) is 11.8 Å². The SMILES string of the molecule is COc1ccc2c(CSc3ccc(F)c(Cl)c3)cc(=O)oc2c1. The molecule has 1 aromatic heterocycles. The fourth-order valence-electron chi connectivity index (χ4n) is 2.18. The molecular formula is C17H12ClFO3S. The lowest BCUT2D eigenvalue weighted by atomic mass is 10.1. The highest BCUT2D eigenvalue weighted by atomic mass is 35.5. The molecule has 0 aliphatic heterocycles. The predicted molar refractivity (Wildman–Crippen MR) is 90.0 cm³/mol. The molecule has 0 fully saturated rings. The number of fused-ring (bicyclic) bond motifs is 1. The maximum Gasteiger partial charge on any atom is 0.336 e. The average molecular weight is 351 g/mol. The lowest BCUT2D eigenvalue weighted by Crippen LogP contribution is -2.00. The minimum Gasteiger partial charge on any atom is -0.497 e. The summed E-state index contributed by atoms with van der Waals surface area (Å²) >= 11 is 7.25. The molecule has 0 saturated carbocycles. The second kappa shape index (κ2) is 6.64. The van der Waals surface area contributed by atoms with Crippen molar-refractivity contribution in [1.82, 2.24) is 0 Å². The van der Waals surface area contributed by atoms with Crippen molar-refractivity contribution in [3.8, 4) is 5.75 Å². The second-order valence-electron chi connectivity index (χ2n) is 4.82. The van der Waals surface area contributed by atoms with Gasteiger partial charge in [-0.25, -0.2) is 9.18 Å². The molecule has 3 rings (SSSR count). The van der Waals surface area contributed by atoms with Crippen LogP contribution in [0.4, 0.5) is 4.39 Å². The third kappa shape index (κ3) is 3.51. The van der Waals surface area contributed by atoms with Crippen molar-refractivity contribution in [2.75, 3.05) is 7.11 Å². The first-order chi connectivity index (χ1) is 11.1. The number of benzene rings is 2. The molecule has 0 N–H and O–H groups in total. The molecule has 6 heteroatoms. The predicted octanol–water partition coefficient (Wildman–Crippen LogP) is 4.89. The zero-order chi connectivity index (χ0) is 16.4. The lowest BCUT2D eigenvalue weighted by Gasteiger charge is -2.07. The molecule has 0 unspecified atom stereocenters. The maximum absolute atomic E-state index is 13.2. The molecule has 23 heavy (non-hydrogen) atoms. The number of halogens is 2. The number of ether oxygens (including phenoxy) is 1. The Balaban J connectivity index is 1.93. The Bertz CT molecular complexity index is 923. The molecular weight excluding hydrogens is 339 g/mol. The van der Waals surface area contributed by atoms with Crippen LogP contribution in [-0.4, -0.2) is 7.11 Å². The maximum atomic E-state index is 13.2.